The first-order valence-electron chi connectivity index (χ1n) is 5.02. The molecule has 2 N–H and O–H groups in total. The Bertz CT molecular complexity index is 345. The van der Waals surface area contributed by atoms with Crippen LogP contribution in [-0.2, 0) is 0 Å². The molecule has 0 aliphatic carbocycles. The number of hydrogen-bond acceptors (Lipinski definition) is 3. The summed E-state index contributed by atoms with van der Waals surface area (Å²) in [6, 6.07) is 3.33. The first kappa shape index (κ1) is 10.5. The van der Waals surface area contributed by atoms with Crippen molar-refractivity contribution in [2.45, 2.75) is 18.9 Å². The average Bonchev–Trinajstić information content (AvgIpc) is 2.66. The summed E-state index contributed by atoms with van der Waals surface area (Å²) in [7, 11) is 0. The smallest absolute Gasteiger partial charge is 0.287 e. The highest BCUT2D eigenvalue weighted by Crippen LogP contribution is 2.13. The van der Waals surface area contributed by atoms with Crippen LogP contribution in [0.15, 0.2) is 16.5 Å². The van der Waals surface area contributed by atoms with Crippen LogP contribution in [0.4, 0.5) is 0 Å². The molecular weight excluding hydrogens is 216 g/mol. The Morgan fingerprint density at radius 2 is 2.47 bits per heavy atom. The standard InChI is InChI=1S/C10H13ClN2O2/c11-9-4-3-8(15-9)10(14)13-7-2-1-5-12-6-7/h3-4,7,12H,1-2,5-6H2,(H,13,14)/t7-/m0/s1. The van der Waals surface area contributed by atoms with Gasteiger partial charge in [0.25, 0.3) is 5.91 Å². The number of amides is 1. The minimum Gasteiger partial charge on any atom is -0.440 e. The number of carbonyl (C=O) groups is 1. The predicted octanol–water partition coefficient (Wildman–Crippen LogP) is 1.41. The molecule has 1 amide bonds. The molecule has 0 bridgehead atoms. The summed E-state index contributed by atoms with van der Waals surface area (Å²) >= 11 is 5.59. The molecule has 2 heterocycles. The van der Waals surface area contributed by atoms with Gasteiger partial charge in [-0.15, -0.1) is 0 Å². The minimum atomic E-state index is -0.199. The zero-order valence-electron chi connectivity index (χ0n) is 8.25. The monoisotopic (exact) mass is 228 g/mol. The van der Waals surface area contributed by atoms with Crippen molar-refractivity contribution in [1.29, 1.82) is 0 Å². The lowest BCUT2D eigenvalue weighted by molar-refractivity contribution is 0.0902. The number of halogens is 1. The molecule has 1 aromatic heterocycles. The molecule has 2 rings (SSSR count). The van der Waals surface area contributed by atoms with E-state index in [1.165, 1.54) is 0 Å². The van der Waals surface area contributed by atoms with Crippen LogP contribution in [0.5, 0.6) is 0 Å². The highest BCUT2D eigenvalue weighted by molar-refractivity contribution is 6.29. The highest BCUT2D eigenvalue weighted by atomic mass is 35.5. The third-order valence-electron chi connectivity index (χ3n) is 2.43. The van der Waals surface area contributed by atoms with Crippen LogP contribution in [0.25, 0.3) is 0 Å². The van der Waals surface area contributed by atoms with Crippen molar-refractivity contribution in [2.75, 3.05) is 13.1 Å². The molecule has 1 aromatic rings. The molecule has 1 saturated heterocycles. The van der Waals surface area contributed by atoms with Gasteiger partial charge >= 0.3 is 0 Å². The second-order valence-corrected chi connectivity index (χ2v) is 3.99. The van der Waals surface area contributed by atoms with Crippen LogP contribution in [0.1, 0.15) is 23.4 Å². The molecule has 1 aliphatic heterocycles. The van der Waals surface area contributed by atoms with Crippen molar-refractivity contribution < 1.29 is 9.21 Å². The maximum Gasteiger partial charge on any atom is 0.287 e. The second-order valence-electron chi connectivity index (χ2n) is 3.62. The summed E-state index contributed by atoms with van der Waals surface area (Å²) in [5.41, 5.74) is 0. The van der Waals surface area contributed by atoms with Crippen molar-refractivity contribution in [3.8, 4) is 0 Å². The number of hydrogen-bond donors (Lipinski definition) is 2. The van der Waals surface area contributed by atoms with E-state index in [1.807, 2.05) is 0 Å². The molecule has 1 fully saturated rings. The molecule has 1 aliphatic rings. The average molecular weight is 229 g/mol. The van der Waals surface area contributed by atoms with Gasteiger partial charge in [-0.3, -0.25) is 4.79 Å². The van der Waals surface area contributed by atoms with E-state index >= 15 is 0 Å². The first-order valence-corrected chi connectivity index (χ1v) is 5.40. The normalized spacial score (nSPS) is 21.3. The van der Waals surface area contributed by atoms with E-state index < -0.39 is 0 Å². The zero-order chi connectivity index (χ0) is 10.7. The SMILES string of the molecule is O=C(N[C@H]1CCCNC1)c1ccc(Cl)o1. The molecule has 82 valence electrons. The van der Waals surface area contributed by atoms with Gasteiger partial charge in [0.05, 0.1) is 0 Å². The lowest BCUT2D eigenvalue weighted by Crippen LogP contribution is -2.45. The van der Waals surface area contributed by atoms with E-state index in [0.29, 0.717) is 0 Å². The molecule has 0 radical (unpaired) electrons. The maximum atomic E-state index is 11.6. The van der Waals surface area contributed by atoms with E-state index in [1.54, 1.807) is 12.1 Å². The van der Waals surface area contributed by atoms with Crippen LogP contribution in [0.3, 0.4) is 0 Å². The Morgan fingerprint density at radius 3 is 3.07 bits per heavy atom. The summed E-state index contributed by atoms with van der Waals surface area (Å²) in [6.07, 6.45) is 2.09. The Balaban J connectivity index is 1.91. The van der Waals surface area contributed by atoms with E-state index in [4.69, 9.17) is 16.0 Å². The quantitative estimate of drug-likeness (QED) is 0.805. The molecule has 4 nitrogen and oxygen atoms in total. The fraction of sp³-hybridized carbons (Fsp3) is 0.500. The van der Waals surface area contributed by atoms with Crippen LogP contribution >= 0.6 is 11.6 Å². The Hall–Kier alpha value is -1.00. The summed E-state index contributed by atoms with van der Waals surface area (Å²) in [5.74, 6) is 0.0705. The number of rotatable bonds is 2. The molecule has 0 spiro atoms. The molecule has 1 atom stereocenters. The number of piperidine rings is 1. The van der Waals surface area contributed by atoms with Crippen molar-refractivity contribution in [3.63, 3.8) is 0 Å². The van der Waals surface area contributed by atoms with Gasteiger partial charge in [0, 0.05) is 12.6 Å². The van der Waals surface area contributed by atoms with E-state index in [2.05, 4.69) is 10.6 Å². The van der Waals surface area contributed by atoms with Crippen molar-refractivity contribution in [1.82, 2.24) is 10.6 Å². The van der Waals surface area contributed by atoms with E-state index in [0.717, 1.165) is 25.9 Å². The molecule has 0 aromatic carbocycles. The fourth-order valence-corrected chi connectivity index (χ4v) is 1.81. The lowest BCUT2D eigenvalue weighted by atomic mass is 10.1. The number of nitrogens with one attached hydrogen (secondary N) is 2. The van der Waals surface area contributed by atoms with Gasteiger partial charge in [-0.1, -0.05) is 0 Å². The Kier molecular flexibility index (Phi) is 3.28. The molecule has 0 unspecified atom stereocenters. The van der Waals surface area contributed by atoms with Gasteiger partial charge in [-0.05, 0) is 43.1 Å². The number of furan rings is 1. The lowest BCUT2D eigenvalue weighted by Gasteiger charge is -2.23. The molecule has 0 saturated carbocycles. The summed E-state index contributed by atoms with van der Waals surface area (Å²) in [6.45, 7) is 1.85. The Labute approximate surface area is 93.0 Å². The van der Waals surface area contributed by atoms with Crippen LogP contribution < -0.4 is 10.6 Å². The maximum absolute atomic E-state index is 11.6. The molecule has 5 heteroatoms. The van der Waals surface area contributed by atoms with Gasteiger partial charge in [0.15, 0.2) is 11.0 Å². The summed E-state index contributed by atoms with van der Waals surface area (Å²) < 4.78 is 5.02. The third-order valence-corrected chi connectivity index (χ3v) is 2.63. The van der Waals surface area contributed by atoms with Gasteiger partial charge in [0.2, 0.25) is 0 Å². The van der Waals surface area contributed by atoms with E-state index in [9.17, 15) is 4.79 Å². The zero-order valence-corrected chi connectivity index (χ0v) is 9.01. The second kappa shape index (κ2) is 4.68. The molecular formula is C10H13ClN2O2. The predicted molar refractivity (Wildman–Crippen MR) is 57.1 cm³/mol. The first-order chi connectivity index (χ1) is 7.25. The van der Waals surface area contributed by atoms with Gasteiger partial charge in [-0.2, -0.15) is 0 Å². The number of carbonyl (C=O) groups excluding carboxylic acids is 1. The van der Waals surface area contributed by atoms with Crippen molar-refractivity contribution in [3.05, 3.63) is 23.1 Å². The van der Waals surface area contributed by atoms with Crippen LogP contribution in [0, 0.1) is 0 Å². The van der Waals surface area contributed by atoms with Crippen molar-refractivity contribution in [2.24, 2.45) is 0 Å². The largest absolute Gasteiger partial charge is 0.440 e. The molecule has 15 heavy (non-hydrogen) atoms. The van der Waals surface area contributed by atoms with E-state index in [-0.39, 0.29) is 22.9 Å². The fourth-order valence-electron chi connectivity index (χ4n) is 1.67. The highest BCUT2D eigenvalue weighted by Gasteiger charge is 2.18. The topological polar surface area (TPSA) is 54.3 Å². The van der Waals surface area contributed by atoms with Gasteiger partial charge in [0.1, 0.15) is 0 Å². The minimum absolute atomic E-state index is 0.190. The van der Waals surface area contributed by atoms with Crippen LogP contribution in [-0.4, -0.2) is 25.0 Å². The van der Waals surface area contributed by atoms with Gasteiger partial charge < -0.3 is 15.1 Å². The summed E-state index contributed by atoms with van der Waals surface area (Å²) in [5, 5.41) is 6.36. The Morgan fingerprint density at radius 1 is 1.60 bits per heavy atom. The third kappa shape index (κ3) is 2.73. The van der Waals surface area contributed by atoms with Crippen LogP contribution in [0.2, 0.25) is 5.22 Å². The van der Waals surface area contributed by atoms with Crippen molar-refractivity contribution >= 4 is 17.5 Å². The summed E-state index contributed by atoms with van der Waals surface area (Å²) in [4.78, 5) is 11.6. The van der Waals surface area contributed by atoms with Gasteiger partial charge in [-0.25, -0.2) is 0 Å².